The molecule has 1 N–H and O–H groups in total. The van der Waals surface area contributed by atoms with Crippen LogP contribution in [0.15, 0.2) is 42.5 Å². The van der Waals surface area contributed by atoms with Crippen LogP contribution in [0.3, 0.4) is 0 Å². The molecule has 0 radical (unpaired) electrons. The Morgan fingerprint density at radius 1 is 1.10 bits per heavy atom. The Kier molecular flexibility index (Phi) is 3.69. The molecular formula is C13H8F2N2O3. The number of amides is 1. The number of non-ortho nitro benzene ring substituents is 1. The molecule has 0 fully saturated rings. The Hall–Kier alpha value is -2.83. The molecule has 0 aromatic heterocycles. The second-order valence-electron chi connectivity index (χ2n) is 3.88. The van der Waals surface area contributed by atoms with Crippen LogP contribution < -0.4 is 5.32 Å². The van der Waals surface area contributed by atoms with E-state index in [9.17, 15) is 23.7 Å². The molecule has 1 amide bonds. The summed E-state index contributed by atoms with van der Waals surface area (Å²) in [5, 5.41) is 12.7. The largest absolute Gasteiger partial charge is 0.319 e. The zero-order valence-corrected chi connectivity index (χ0v) is 9.97. The maximum atomic E-state index is 13.4. The van der Waals surface area contributed by atoms with Crippen molar-refractivity contribution < 1.29 is 18.5 Å². The quantitative estimate of drug-likeness (QED) is 0.692. The number of nitro groups is 1. The van der Waals surface area contributed by atoms with Crippen molar-refractivity contribution in [3.05, 3.63) is 69.8 Å². The standard InChI is InChI=1S/C13H8F2N2O3/c14-9-3-6-12(11(15)7-9)16-13(18)8-1-4-10(5-2-8)17(19)20/h1-7H,(H,16,18). The fourth-order valence-corrected chi connectivity index (χ4v) is 1.52. The molecule has 0 atom stereocenters. The van der Waals surface area contributed by atoms with Gasteiger partial charge in [-0.2, -0.15) is 0 Å². The van der Waals surface area contributed by atoms with Crippen LogP contribution in [0.2, 0.25) is 0 Å². The minimum absolute atomic E-state index is 0.124. The predicted molar refractivity (Wildman–Crippen MR) is 67.4 cm³/mol. The summed E-state index contributed by atoms with van der Waals surface area (Å²) < 4.78 is 26.1. The Morgan fingerprint density at radius 3 is 2.30 bits per heavy atom. The predicted octanol–water partition coefficient (Wildman–Crippen LogP) is 3.13. The van der Waals surface area contributed by atoms with E-state index in [0.717, 1.165) is 24.3 Å². The van der Waals surface area contributed by atoms with Gasteiger partial charge in [-0.05, 0) is 24.3 Å². The molecule has 2 aromatic carbocycles. The fraction of sp³-hybridized carbons (Fsp3) is 0. The van der Waals surface area contributed by atoms with Crippen LogP contribution in [-0.2, 0) is 0 Å². The number of carbonyl (C=O) groups excluding carboxylic acids is 1. The lowest BCUT2D eigenvalue weighted by atomic mass is 10.2. The van der Waals surface area contributed by atoms with Crippen molar-refractivity contribution in [2.45, 2.75) is 0 Å². The number of nitro benzene ring substituents is 1. The van der Waals surface area contributed by atoms with Crippen molar-refractivity contribution >= 4 is 17.3 Å². The van der Waals surface area contributed by atoms with Crippen LogP contribution in [0.25, 0.3) is 0 Å². The molecule has 0 spiro atoms. The summed E-state index contributed by atoms with van der Waals surface area (Å²) >= 11 is 0. The van der Waals surface area contributed by atoms with E-state index in [-0.39, 0.29) is 16.9 Å². The maximum absolute atomic E-state index is 13.4. The highest BCUT2D eigenvalue weighted by atomic mass is 19.1. The first-order valence-electron chi connectivity index (χ1n) is 5.48. The third-order valence-electron chi connectivity index (χ3n) is 2.52. The summed E-state index contributed by atoms with van der Waals surface area (Å²) in [4.78, 5) is 21.7. The topological polar surface area (TPSA) is 72.2 Å². The third kappa shape index (κ3) is 2.94. The van der Waals surface area contributed by atoms with Gasteiger partial charge in [-0.3, -0.25) is 14.9 Å². The van der Waals surface area contributed by atoms with E-state index < -0.39 is 22.5 Å². The summed E-state index contributed by atoms with van der Waals surface area (Å²) in [6.07, 6.45) is 0. The summed E-state index contributed by atoms with van der Waals surface area (Å²) in [5.74, 6) is -2.30. The molecule has 0 heterocycles. The van der Waals surface area contributed by atoms with E-state index in [1.54, 1.807) is 0 Å². The minimum Gasteiger partial charge on any atom is -0.319 e. The number of hydrogen-bond acceptors (Lipinski definition) is 3. The molecule has 0 unspecified atom stereocenters. The number of rotatable bonds is 3. The van der Waals surface area contributed by atoms with Crippen LogP contribution in [0, 0.1) is 21.7 Å². The average Bonchev–Trinajstić information content (AvgIpc) is 2.42. The van der Waals surface area contributed by atoms with Gasteiger partial charge >= 0.3 is 0 Å². The molecule has 0 aliphatic carbocycles. The zero-order chi connectivity index (χ0) is 14.7. The first-order valence-corrected chi connectivity index (χ1v) is 5.48. The van der Waals surface area contributed by atoms with Crippen LogP contribution >= 0.6 is 0 Å². The van der Waals surface area contributed by atoms with E-state index in [1.165, 1.54) is 12.1 Å². The average molecular weight is 278 g/mol. The summed E-state index contributed by atoms with van der Waals surface area (Å²) in [7, 11) is 0. The van der Waals surface area contributed by atoms with Gasteiger partial charge in [0.15, 0.2) is 0 Å². The number of halogens is 2. The van der Waals surface area contributed by atoms with Gasteiger partial charge in [0, 0.05) is 23.8 Å². The molecule has 0 bridgehead atoms. The van der Waals surface area contributed by atoms with Gasteiger partial charge in [0.05, 0.1) is 10.6 Å². The van der Waals surface area contributed by atoms with Crippen LogP contribution in [-0.4, -0.2) is 10.8 Å². The highest BCUT2D eigenvalue weighted by Gasteiger charge is 2.12. The number of benzene rings is 2. The lowest BCUT2D eigenvalue weighted by Gasteiger charge is -2.06. The molecule has 102 valence electrons. The van der Waals surface area contributed by atoms with Gasteiger partial charge in [0.2, 0.25) is 0 Å². The molecular weight excluding hydrogens is 270 g/mol. The second kappa shape index (κ2) is 5.43. The first-order chi connectivity index (χ1) is 9.47. The zero-order valence-electron chi connectivity index (χ0n) is 9.97. The number of hydrogen-bond donors (Lipinski definition) is 1. The monoisotopic (exact) mass is 278 g/mol. The molecule has 2 aromatic rings. The third-order valence-corrected chi connectivity index (χ3v) is 2.52. The summed E-state index contributed by atoms with van der Waals surface area (Å²) in [6, 6.07) is 7.56. The molecule has 2 rings (SSSR count). The van der Waals surface area contributed by atoms with Crippen LogP contribution in [0.1, 0.15) is 10.4 Å². The molecule has 0 saturated carbocycles. The molecule has 20 heavy (non-hydrogen) atoms. The Bertz CT molecular complexity index is 672. The van der Waals surface area contributed by atoms with Gasteiger partial charge < -0.3 is 5.32 Å². The summed E-state index contributed by atoms with van der Waals surface area (Å²) in [5.41, 5.74) is -0.205. The van der Waals surface area contributed by atoms with Crippen LogP contribution in [0.5, 0.6) is 0 Å². The van der Waals surface area contributed by atoms with Gasteiger partial charge in [-0.25, -0.2) is 8.78 Å². The van der Waals surface area contributed by atoms with Crippen LogP contribution in [0.4, 0.5) is 20.2 Å². The van der Waals surface area contributed by atoms with Crippen molar-refractivity contribution in [3.8, 4) is 0 Å². The minimum atomic E-state index is -0.903. The van der Waals surface area contributed by atoms with Gasteiger partial charge in [0.1, 0.15) is 11.6 Å². The number of carbonyl (C=O) groups is 1. The van der Waals surface area contributed by atoms with E-state index in [4.69, 9.17) is 0 Å². The molecule has 0 aliphatic rings. The highest BCUT2D eigenvalue weighted by molar-refractivity contribution is 6.04. The smallest absolute Gasteiger partial charge is 0.269 e. The lowest BCUT2D eigenvalue weighted by molar-refractivity contribution is -0.384. The Labute approximate surface area is 112 Å². The van der Waals surface area contributed by atoms with Crippen molar-refractivity contribution in [2.75, 3.05) is 5.32 Å². The van der Waals surface area contributed by atoms with E-state index in [2.05, 4.69) is 5.32 Å². The number of nitrogens with zero attached hydrogens (tertiary/aromatic N) is 1. The van der Waals surface area contributed by atoms with Gasteiger partial charge in [-0.15, -0.1) is 0 Å². The van der Waals surface area contributed by atoms with Crippen molar-refractivity contribution in [1.82, 2.24) is 0 Å². The first kappa shape index (κ1) is 13.6. The van der Waals surface area contributed by atoms with E-state index >= 15 is 0 Å². The molecule has 0 saturated heterocycles. The van der Waals surface area contributed by atoms with Crippen molar-refractivity contribution in [2.24, 2.45) is 0 Å². The van der Waals surface area contributed by atoms with Gasteiger partial charge in [0.25, 0.3) is 11.6 Å². The fourth-order valence-electron chi connectivity index (χ4n) is 1.52. The lowest BCUT2D eigenvalue weighted by Crippen LogP contribution is -2.13. The number of nitrogens with one attached hydrogen (secondary N) is 1. The van der Waals surface area contributed by atoms with E-state index in [1.807, 2.05) is 0 Å². The second-order valence-corrected chi connectivity index (χ2v) is 3.88. The molecule has 5 nitrogen and oxygen atoms in total. The molecule has 7 heteroatoms. The molecule has 0 aliphatic heterocycles. The number of anilines is 1. The van der Waals surface area contributed by atoms with E-state index in [0.29, 0.717) is 6.07 Å². The van der Waals surface area contributed by atoms with Crippen molar-refractivity contribution in [3.63, 3.8) is 0 Å². The highest BCUT2D eigenvalue weighted by Crippen LogP contribution is 2.17. The summed E-state index contributed by atoms with van der Waals surface area (Å²) in [6.45, 7) is 0. The normalized spacial score (nSPS) is 10.1. The van der Waals surface area contributed by atoms with Crippen molar-refractivity contribution in [1.29, 1.82) is 0 Å². The maximum Gasteiger partial charge on any atom is 0.269 e. The Morgan fingerprint density at radius 2 is 1.75 bits per heavy atom. The SMILES string of the molecule is O=C(Nc1ccc(F)cc1F)c1ccc([N+](=O)[O-])cc1. The van der Waals surface area contributed by atoms with Gasteiger partial charge in [-0.1, -0.05) is 0 Å². The Balaban J connectivity index is 2.17.